The van der Waals surface area contributed by atoms with Crippen molar-refractivity contribution in [3.63, 3.8) is 0 Å². The highest BCUT2D eigenvalue weighted by Gasteiger charge is 2.25. The van der Waals surface area contributed by atoms with Gasteiger partial charge >= 0.3 is 0 Å². The van der Waals surface area contributed by atoms with Crippen LogP contribution in [0.1, 0.15) is 18.1 Å². The van der Waals surface area contributed by atoms with Crippen molar-refractivity contribution < 1.29 is 4.79 Å². The number of nitrogens with zero attached hydrogens (tertiary/aromatic N) is 2. The number of carbonyl (C=O) groups excluding carboxylic acids is 1. The first-order valence-corrected chi connectivity index (χ1v) is 8.02. The van der Waals surface area contributed by atoms with Crippen LogP contribution in [0.2, 0.25) is 0 Å². The number of benzene rings is 2. The molecule has 0 fully saturated rings. The molecule has 0 unspecified atom stereocenters. The minimum Gasteiger partial charge on any atom is -0.349 e. The third-order valence-electron chi connectivity index (χ3n) is 4.56. The van der Waals surface area contributed by atoms with Crippen LogP contribution in [0.15, 0.2) is 46.0 Å². The summed E-state index contributed by atoms with van der Waals surface area (Å²) in [6.45, 7) is 4.84. The molecule has 4 rings (SSSR count). The molecule has 0 radical (unpaired) electrons. The van der Waals surface area contributed by atoms with Crippen molar-refractivity contribution in [2.75, 3.05) is 13.1 Å². The number of fused-ring (bicyclic) bond motifs is 4. The molecule has 0 saturated carbocycles. The first kappa shape index (κ1) is 14.8. The van der Waals surface area contributed by atoms with Crippen LogP contribution in [0.4, 0.5) is 5.69 Å². The molecule has 2 aliphatic rings. The molecule has 5 heteroatoms. The monoisotopic (exact) mass is 318 g/mol. The average molecular weight is 318 g/mol. The van der Waals surface area contributed by atoms with Crippen LogP contribution in [0.5, 0.6) is 0 Å². The van der Waals surface area contributed by atoms with Crippen LogP contribution >= 0.6 is 0 Å². The van der Waals surface area contributed by atoms with E-state index in [1.54, 1.807) is 0 Å². The molecule has 0 saturated heterocycles. The third-order valence-corrected chi connectivity index (χ3v) is 4.56. The molecule has 24 heavy (non-hydrogen) atoms. The van der Waals surface area contributed by atoms with E-state index >= 15 is 0 Å². The first-order valence-electron chi connectivity index (χ1n) is 8.02. The quantitative estimate of drug-likeness (QED) is 0.765. The fraction of sp³-hybridized carbons (Fsp3) is 0.211. The van der Waals surface area contributed by atoms with Crippen molar-refractivity contribution in [1.29, 1.82) is 0 Å². The van der Waals surface area contributed by atoms with Gasteiger partial charge in [0.15, 0.2) is 0 Å². The lowest BCUT2D eigenvalue weighted by Crippen LogP contribution is -2.29. The highest BCUT2D eigenvalue weighted by molar-refractivity contribution is 6.02. The van der Waals surface area contributed by atoms with E-state index < -0.39 is 0 Å². The van der Waals surface area contributed by atoms with Crippen LogP contribution in [-0.4, -0.2) is 19.0 Å². The Kier molecular flexibility index (Phi) is 3.32. The number of hydrogen-bond acceptors (Lipinski definition) is 4. The Bertz CT molecular complexity index is 1030. The van der Waals surface area contributed by atoms with Gasteiger partial charge < -0.3 is 11.1 Å². The second-order valence-corrected chi connectivity index (χ2v) is 6.05. The molecule has 0 spiro atoms. The second kappa shape index (κ2) is 5.39. The number of rotatable bonds is 3. The van der Waals surface area contributed by atoms with E-state index in [9.17, 15) is 4.79 Å². The Morgan fingerprint density at radius 1 is 1.17 bits per heavy atom. The Labute approximate surface area is 139 Å². The molecule has 5 nitrogen and oxygen atoms in total. The van der Waals surface area contributed by atoms with Gasteiger partial charge in [0.2, 0.25) is 0 Å². The zero-order chi connectivity index (χ0) is 16.8. The minimum atomic E-state index is -0.175. The Morgan fingerprint density at radius 2 is 1.96 bits per heavy atom. The summed E-state index contributed by atoms with van der Waals surface area (Å²) in [6.07, 6.45) is 0. The lowest BCUT2D eigenvalue weighted by Gasteiger charge is -2.06. The molecule has 2 aromatic rings. The van der Waals surface area contributed by atoms with Crippen molar-refractivity contribution in [1.82, 2.24) is 5.32 Å². The van der Waals surface area contributed by atoms with Crippen molar-refractivity contribution in [3.8, 4) is 11.1 Å². The standard InChI is InChI=1S/C19H18N4O/c1-10-16-11(2)18(19(24)21-8-7-20)23-15(16)9-13-12-5-3-4-6-14(12)22-17(10)13/h3-6,9H,7-8,20H2,1-2H3,(H,21,24). The summed E-state index contributed by atoms with van der Waals surface area (Å²) < 4.78 is 0. The summed E-state index contributed by atoms with van der Waals surface area (Å²) in [7, 11) is 0. The lowest BCUT2D eigenvalue weighted by atomic mass is 9.96. The second-order valence-electron chi connectivity index (χ2n) is 6.05. The summed E-state index contributed by atoms with van der Waals surface area (Å²) in [5.74, 6) is -0.175. The van der Waals surface area contributed by atoms with Gasteiger partial charge in [-0.3, -0.25) is 4.79 Å². The van der Waals surface area contributed by atoms with Crippen LogP contribution in [0.25, 0.3) is 16.7 Å². The minimum absolute atomic E-state index is 0.175. The number of nitrogens with one attached hydrogen (secondary N) is 1. The Morgan fingerprint density at radius 3 is 2.75 bits per heavy atom. The summed E-state index contributed by atoms with van der Waals surface area (Å²) in [4.78, 5) is 21.7. The molecule has 0 aromatic heterocycles. The summed E-state index contributed by atoms with van der Waals surface area (Å²) in [5, 5.41) is 4.61. The lowest BCUT2D eigenvalue weighted by molar-refractivity contribution is -0.117. The molecule has 120 valence electrons. The molecule has 3 N–H and O–H groups in total. The van der Waals surface area contributed by atoms with Gasteiger partial charge in [0, 0.05) is 29.8 Å². The molecule has 2 aliphatic heterocycles. The van der Waals surface area contributed by atoms with E-state index in [-0.39, 0.29) is 5.91 Å². The molecular weight excluding hydrogens is 300 g/mol. The van der Waals surface area contributed by atoms with E-state index in [2.05, 4.69) is 16.4 Å². The highest BCUT2D eigenvalue weighted by Crippen LogP contribution is 2.34. The van der Waals surface area contributed by atoms with Crippen molar-refractivity contribution in [2.24, 2.45) is 15.7 Å². The van der Waals surface area contributed by atoms with Crippen molar-refractivity contribution >= 4 is 17.2 Å². The van der Waals surface area contributed by atoms with Gasteiger partial charge in [-0.2, -0.15) is 0 Å². The molecular formula is C19H18N4O. The topological polar surface area (TPSA) is 79.8 Å². The number of para-hydroxylation sites is 1. The van der Waals surface area contributed by atoms with E-state index in [0.29, 0.717) is 18.8 Å². The van der Waals surface area contributed by atoms with Gasteiger partial charge in [-0.15, -0.1) is 0 Å². The smallest absolute Gasteiger partial charge is 0.270 e. The summed E-state index contributed by atoms with van der Waals surface area (Å²) >= 11 is 0. The van der Waals surface area contributed by atoms with E-state index in [1.165, 1.54) is 0 Å². The molecule has 1 amide bonds. The van der Waals surface area contributed by atoms with Crippen molar-refractivity contribution in [2.45, 2.75) is 13.8 Å². The summed E-state index contributed by atoms with van der Waals surface area (Å²) in [5.41, 5.74) is 12.1. The predicted molar refractivity (Wildman–Crippen MR) is 93.2 cm³/mol. The predicted octanol–water partition coefficient (Wildman–Crippen LogP) is 1.37. The van der Waals surface area contributed by atoms with Gasteiger partial charge in [-0.1, -0.05) is 18.2 Å². The van der Waals surface area contributed by atoms with E-state index in [1.807, 2.05) is 38.1 Å². The number of amides is 1. The first-order chi connectivity index (χ1) is 11.6. The number of nitrogens with two attached hydrogens (primary N) is 1. The van der Waals surface area contributed by atoms with Gasteiger partial charge in [-0.05, 0) is 37.1 Å². The Balaban J connectivity index is 1.88. The maximum atomic E-state index is 12.3. The van der Waals surface area contributed by atoms with Crippen LogP contribution in [0.3, 0.4) is 0 Å². The molecule has 0 aliphatic carbocycles. The van der Waals surface area contributed by atoms with Gasteiger partial charge in [-0.25, -0.2) is 9.98 Å². The normalized spacial score (nSPS) is 13.8. The summed E-state index contributed by atoms with van der Waals surface area (Å²) in [6, 6.07) is 10.1. The molecule has 2 heterocycles. The highest BCUT2D eigenvalue weighted by atomic mass is 16.2. The van der Waals surface area contributed by atoms with Crippen LogP contribution in [0, 0.1) is 6.92 Å². The maximum Gasteiger partial charge on any atom is 0.270 e. The number of carbonyl (C=O) groups is 1. The maximum absolute atomic E-state index is 12.3. The van der Waals surface area contributed by atoms with Crippen LogP contribution < -0.4 is 21.8 Å². The van der Waals surface area contributed by atoms with Gasteiger partial charge in [0.05, 0.1) is 16.4 Å². The molecule has 2 aromatic carbocycles. The SMILES string of the molecule is CC1=C(C(=O)NCCN)N=c2cc3c(c(C)c21)=Nc1ccccc1-3. The zero-order valence-corrected chi connectivity index (χ0v) is 13.7. The van der Waals surface area contributed by atoms with Crippen molar-refractivity contribution in [3.05, 3.63) is 57.9 Å². The fourth-order valence-corrected chi connectivity index (χ4v) is 3.43. The van der Waals surface area contributed by atoms with Crippen LogP contribution in [-0.2, 0) is 4.79 Å². The Hall–Kier alpha value is -2.79. The van der Waals surface area contributed by atoms with Gasteiger partial charge in [0.1, 0.15) is 5.70 Å². The molecule has 0 atom stereocenters. The fourth-order valence-electron chi connectivity index (χ4n) is 3.43. The zero-order valence-electron chi connectivity index (χ0n) is 13.7. The van der Waals surface area contributed by atoms with E-state index in [0.717, 1.165) is 44.2 Å². The largest absolute Gasteiger partial charge is 0.349 e. The number of hydrogen-bond donors (Lipinski definition) is 2. The number of allylic oxidation sites excluding steroid dienone is 1. The average Bonchev–Trinajstić information content (AvgIpc) is 3.12. The third kappa shape index (κ3) is 2.02. The molecule has 0 bridgehead atoms. The van der Waals surface area contributed by atoms with Gasteiger partial charge in [0.25, 0.3) is 5.91 Å². The van der Waals surface area contributed by atoms with E-state index in [4.69, 9.17) is 10.7 Å².